The predicted octanol–water partition coefficient (Wildman–Crippen LogP) is 3.30. The summed E-state index contributed by atoms with van der Waals surface area (Å²) in [6.07, 6.45) is 0.537. The highest BCUT2D eigenvalue weighted by molar-refractivity contribution is 9.10. The van der Waals surface area contributed by atoms with Crippen molar-refractivity contribution in [3.63, 3.8) is 0 Å². The van der Waals surface area contributed by atoms with Gasteiger partial charge in [-0.05, 0) is 28.1 Å². The van der Waals surface area contributed by atoms with Crippen LogP contribution in [0.4, 0.5) is 5.69 Å². The molecule has 1 aromatic heterocycles. The SMILES string of the molecule is N#Cc1cc([N+](=O)[O-])cc(Br)c1-c1ccc(C=O)o1. The molecule has 0 amide bonds. The van der Waals surface area contributed by atoms with E-state index in [2.05, 4.69) is 15.9 Å². The van der Waals surface area contributed by atoms with Crippen molar-refractivity contribution in [1.82, 2.24) is 0 Å². The molecule has 0 fully saturated rings. The van der Waals surface area contributed by atoms with Crippen molar-refractivity contribution in [2.45, 2.75) is 0 Å². The number of hydrogen-bond donors (Lipinski definition) is 0. The monoisotopic (exact) mass is 320 g/mol. The van der Waals surface area contributed by atoms with Gasteiger partial charge in [0, 0.05) is 22.2 Å². The summed E-state index contributed by atoms with van der Waals surface area (Å²) in [6, 6.07) is 7.29. The largest absolute Gasteiger partial charge is 0.453 e. The lowest BCUT2D eigenvalue weighted by Gasteiger charge is -2.04. The number of nitro benzene ring substituents is 1. The zero-order valence-electron chi connectivity index (χ0n) is 9.29. The predicted molar refractivity (Wildman–Crippen MR) is 68.6 cm³/mol. The number of carbonyl (C=O) groups is 1. The van der Waals surface area contributed by atoms with Crippen LogP contribution in [0.3, 0.4) is 0 Å². The summed E-state index contributed by atoms with van der Waals surface area (Å²) in [6.45, 7) is 0. The second-order valence-electron chi connectivity index (χ2n) is 3.54. The Morgan fingerprint density at radius 3 is 2.68 bits per heavy atom. The van der Waals surface area contributed by atoms with Crippen LogP contribution in [-0.4, -0.2) is 11.2 Å². The minimum Gasteiger partial charge on any atom is -0.453 e. The quantitative estimate of drug-likeness (QED) is 0.491. The first-order valence-electron chi connectivity index (χ1n) is 5.00. The Balaban J connectivity index is 2.66. The summed E-state index contributed by atoms with van der Waals surface area (Å²) in [5.41, 5.74) is 0.267. The van der Waals surface area contributed by atoms with Crippen LogP contribution in [0.1, 0.15) is 16.1 Å². The maximum atomic E-state index is 10.7. The summed E-state index contributed by atoms with van der Waals surface area (Å²) in [5, 5.41) is 19.8. The van der Waals surface area contributed by atoms with Crippen molar-refractivity contribution in [3.8, 4) is 17.4 Å². The number of rotatable bonds is 3. The van der Waals surface area contributed by atoms with Gasteiger partial charge < -0.3 is 4.42 Å². The van der Waals surface area contributed by atoms with E-state index in [1.165, 1.54) is 18.2 Å². The molecular formula is C12H5BrN2O4. The fourth-order valence-corrected chi connectivity index (χ4v) is 2.23. The van der Waals surface area contributed by atoms with E-state index in [0.717, 1.165) is 6.07 Å². The Morgan fingerprint density at radius 1 is 1.42 bits per heavy atom. The first-order chi connectivity index (χ1) is 9.06. The van der Waals surface area contributed by atoms with Crippen LogP contribution in [0.25, 0.3) is 11.3 Å². The molecule has 1 heterocycles. The average Bonchev–Trinajstić information content (AvgIpc) is 2.85. The van der Waals surface area contributed by atoms with Crippen LogP contribution >= 0.6 is 15.9 Å². The van der Waals surface area contributed by atoms with Crippen molar-refractivity contribution < 1.29 is 14.1 Å². The number of carbonyl (C=O) groups excluding carboxylic acids is 1. The second-order valence-corrected chi connectivity index (χ2v) is 4.39. The molecule has 0 radical (unpaired) electrons. The number of nitro groups is 1. The summed E-state index contributed by atoms with van der Waals surface area (Å²) < 4.78 is 5.58. The van der Waals surface area contributed by atoms with Gasteiger partial charge in [-0.3, -0.25) is 14.9 Å². The van der Waals surface area contributed by atoms with Gasteiger partial charge in [-0.2, -0.15) is 5.26 Å². The van der Waals surface area contributed by atoms with Crippen LogP contribution < -0.4 is 0 Å². The smallest absolute Gasteiger partial charge is 0.271 e. The van der Waals surface area contributed by atoms with E-state index in [1.54, 1.807) is 0 Å². The molecule has 0 saturated heterocycles. The highest BCUT2D eigenvalue weighted by atomic mass is 79.9. The molecule has 0 unspecified atom stereocenters. The molecule has 0 N–H and O–H groups in total. The van der Waals surface area contributed by atoms with Crippen molar-refractivity contribution >= 4 is 27.9 Å². The number of non-ortho nitro benzene ring substituents is 1. The topological polar surface area (TPSA) is 97.1 Å². The van der Waals surface area contributed by atoms with Gasteiger partial charge in [0.15, 0.2) is 12.0 Å². The first kappa shape index (κ1) is 13.0. The molecule has 19 heavy (non-hydrogen) atoms. The van der Waals surface area contributed by atoms with Crippen LogP contribution in [0, 0.1) is 21.4 Å². The highest BCUT2D eigenvalue weighted by Crippen LogP contribution is 2.35. The molecule has 0 aliphatic rings. The molecule has 2 aromatic rings. The molecule has 1 aromatic carbocycles. The molecule has 0 aliphatic carbocycles. The van der Waals surface area contributed by atoms with Gasteiger partial charge in [-0.25, -0.2) is 0 Å². The Kier molecular flexibility index (Phi) is 3.44. The Morgan fingerprint density at radius 2 is 2.16 bits per heavy atom. The molecule has 0 saturated carbocycles. The van der Waals surface area contributed by atoms with E-state index in [9.17, 15) is 14.9 Å². The molecule has 0 aliphatic heterocycles. The van der Waals surface area contributed by atoms with E-state index in [4.69, 9.17) is 9.68 Å². The highest BCUT2D eigenvalue weighted by Gasteiger charge is 2.18. The van der Waals surface area contributed by atoms with Gasteiger partial charge >= 0.3 is 0 Å². The fraction of sp³-hybridized carbons (Fsp3) is 0. The zero-order chi connectivity index (χ0) is 14.0. The summed E-state index contributed by atoms with van der Waals surface area (Å²) >= 11 is 3.17. The molecule has 94 valence electrons. The third kappa shape index (κ3) is 2.39. The minimum absolute atomic E-state index is 0.0906. The summed E-state index contributed by atoms with van der Waals surface area (Å²) in [5.74, 6) is 0.407. The second kappa shape index (κ2) is 5.04. The lowest BCUT2D eigenvalue weighted by molar-refractivity contribution is -0.384. The molecule has 6 nitrogen and oxygen atoms in total. The third-order valence-corrected chi connectivity index (χ3v) is 3.02. The maximum Gasteiger partial charge on any atom is 0.271 e. The van der Waals surface area contributed by atoms with E-state index >= 15 is 0 Å². The molecule has 7 heteroatoms. The van der Waals surface area contributed by atoms with E-state index < -0.39 is 4.92 Å². The fourth-order valence-electron chi connectivity index (χ4n) is 1.59. The number of aldehydes is 1. The van der Waals surface area contributed by atoms with Crippen molar-refractivity contribution in [1.29, 1.82) is 5.26 Å². The lowest BCUT2D eigenvalue weighted by atomic mass is 10.1. The number of nitrogens with zero attached hydrogens (tertiary/aromatic N) is 2. The van der Waals surface area contributed by atoms with Crippen LogP contribution in [0.5, 0.6) is 0 Å². The van der Waals surface area contributed by atoms with Gasteiger partial charge in [0.2, 0.25) is 0 Å². The zero-order valence-corrected chi connectivity index (χ0v) is 10.9. The summed E-state index contributed by atoms with van der Waals surface area (Å²) in [4.78, 5) is 20.7. The van der Waals surface area contributed by atoms with Crippen molar-refractivity contribution in [2.75, 3.05) is 0 Å². The normalized spacial score (nSPS) is 9.89. The number of benzene rings is 1. The van der Waals surface area contributed by atoms with Gasteiger partial charge in [0.1, 0.15) is 11.8 Å². The molecule has 2 rings (SSSR count). The minimum atomic E-state index is -0.589. The van der Waals surface area contributed by atoms with Crippen molar-refractivity contribution in [2.24, 2.45) is 0 Å². The van der Waals surface area contributed by atoms with Gasteiger partial charge in [-0.1, -0.05) is 0 Å². The number of halogens is 1. The number of furan rings is 1. The van der Waals surface area contributed by atoms with E-state index in [1.807, 2.05) is 6.07 Å². The molecule has 0 spiro atoms. The standard InChI is InChI=1S/C12H5BrN2O4/c13-10-4-8(15(17)18)3-7(5-14)12(10)11-2-1-9(6-16)19-11/h1-4,6H. The number of nitriles is 1. The summed E-state index contributed by atoms with van der Waals surface area (Å²) in [7, 11) is 0. The molecule has 0 atom stereocenters. The Bertz CT molecular complexity index is 715. The Labute approximate surface area is 115 Å². The van der Waals surface area contributed by atoms with E-state index in [-0.39, 0.29) is 17.0 Å². The van der Waals surface area contributed by atoms with Gasteiger partial charge in [-0.15, -0.1) is 0 Å². The van der Waals surface area contributed by atoms with Crippen LogP contribution in [-0.2, 0) is 0 Å². The maximum absolute atomic E-state index is 10.7. The molecular weight excluding hydrogens is 316 g/mol. The van der Waals surface area contributed by atoms with Gasteiger partial charge in [0.25, 0.3) is 5.69 Å². The number of hydrogen-bond acceptors (Lipinski definition) is 5. The Hall–Kier alpha value is -2.46. The van der Waals surface area contributed by atoms with Gasteiger partial charge in [0.05, 0.1) is 10.5 Å². The average molecular weight is 321 g/mol. The molecule has 0 bridgehead atoms. The first-order valence-corrected chi connectivity index (χ1v) is 5.79. The third-order valence-electron chi connectivity index (χ3n) is 2.40. The van der Waals surface area contributed by atoms with Crippen molar-refractivity contribution in [3.05, 3.63) is 50.2 Å². The van der Waals surface area contributed by atoms with E-state index in [0.29, 0.717) is 22.1 Å². The van der Waals surface area contributed by atoms with Crippen LogP contribution in [0.15, 0.2) is 33.2 Å². The van der Waals surface area contributed by atoms with Crippen LogP contribution in [0.2, 0.25) is 0 Å². The lowest BCUT2D eigenvalue weighted by Crippen LogP contribution is -1.92.